The smallest absolute Gasteiger partial charge is 0.354 e. The lowest BCUT2D eigenvalue weighted by molar-refractivity contribution is -0.183. The number of rotatable bonds is 4. The second-order valence-corrected chi connectivity index (χ2v) is 4.72. The van der Waals surface area contributed by atoms with Crippen molar-refractivity contribution in [2.24, 2.45) is 0 Å². The predicted molar refractivity (Wildman–Crippen MR) is 58.7 cm³/mol. The molecule has 0 saturated carbocycles. The average Bonchev–Trinajstić information content (AvgIpc) is 2.84. The summed E-state index contributed by atoms with van der Waals surface area (Å²) >= 11 is 0. The van der Waals surface area contributed by atoms with Gasteiger partial charge in [0.05, 0.1) is 18.4 Å². The number of hydrogen-bond donors (Lipinski definition) is 1. The van der Waals surface area contributed by atoms with Crippen LogP contribution in [0.4, 0.5) is 0 Å². The number of aryl methyl sites for hydroxylation is 1. The van der Waals surface area contributed by atoms with Crippen LogP contribution >= 0.6 is 0 Å². The minimum Gasteiger partial charge on any atom is -0.390 e. The zero-order valence-electron chi connectivity index (χ0n) is 9.59. The molecule has 2 rings (SSSR count). The Morgan fingerprint density at radius 1 is 1.69 bits per heavy atom. The molecule has 0 amide bonds. The second kappa shape index (κ2) is 4.57. The molecule has 0 spiro atoms. The van der Waals surface area contributed by atoms with Gasteiger partial charge in [-0.1, -0.05) is 0 Å². The molecule has 1 aliphatic heterocycles. The molecular formula is C10H16BN2O3. The number of hydrogen-bond acceptors (Lipinski definition) is 4. The highest BCUT2D eigenvalue weighted by Gasteiger charge is 2.23. The molecule has 1 aromatic heterocycles. The Morgan fingerprint density at radius 3 is 3.12 bits per heavy atom. The van der Waals surface area contributed by atoms with Crippen molar-refractivity contribution in [3.63, 3.8) is 0 Å². The first-order valence-electron chi connectivity index (χ1n) is 5.41. The Morgan fingerprint density at radius 2 is 2.50 bits per heavy atom. The summed E-state index contributed by atoms with van der Waals surface area (Å²) in [4.78, 5) is 9.54. The Bertz CT molecular complexity index is 342. The second-order valence-electron chi connectivity index (χ2n) is 4.72. The van der Waals surface area contributed by atoms with Crippen molar-refractivity contribution in [3.8, 4) is 0 Å². The summed E-state index contributed by atoms with van der Waals surface area (Å²) in [5.41, 5.74) is 0.422. The van der Waals surface area contributed by atoms with Crippen LogP contribution in [0.1, 0.15) is 31.6 Å². The van der Waals surface area contributed by atoms with Crippen LogP contribution in [-0.2, 0) is 16.2 Å². The van der Waals surface area contributed by atoms with Gasteiger partial charge in [-0.2, -0.15) is 5.10 Å². The first-order valence-corrected chi connectivity index (χ1v) is 5.41. The minimum absolute atomic E-state index is 0.163. The molecule has 5 nitrogen and oxygen atoms in total. The van der Waals surface area contributed by atoms with Gasteiger partial charge in [0.25, 0.3) is 0 Å². The van der Waals surface area contributed by atoms with E-state index in [1.54, 1.807) is 21.3 Å². The molecule has 0 aromatic carbocycles. The van der Waals surface area contributed by atoms with Gasteiger partial charge in [-0.15, -0.1) is 0 Å². The lowest BCUT2D eigenvalue weighted by Gasteiger charge is -2.16. The van der Waals surface area contributed by atoms with Gasteiger partial charge < -0.3 is 9.91 Å². The summed E-state index contributed by atoms with van der Waals surface area (Å²) in [5.74, 6) is 0.163. The normalized spacial score (nSPS) is 21.1. The zero-order chi connectivity index (χ0) is 11.6. The van der Waals surface area contributed by atoms with E-state index in [0.717, 1.165) is 5.56 Å². The summed E-state index contributed by atoms with van der Waals surface area (Å²) in [7, 11) is 1.66. The number of nitrogens with zero attached hydrogens (tertiary/aromatic N) is 2. The maximum absolute atomic E-state index is 9.61. The average molecular weight is 223 g/mol. The molecule has 1 fully saturated rings. The summed E-state index contributed by atoms with van der Waals surface area (Å²) in [6, 6.07) is 0. The summed E-state index contributed by atoms with van der Waals surface area (Å²) in [6.45, 7) is 4.84. The highest BCUT2D eigenvalue weighted by atomic mass is 17.2. The molecule has 1 radical (unpaired) electrons. The van der Waals surface area contributed by atoms with Crippen LogP contribution in [0.3, 0.4) is 0 Å². The van der Waals surface area contributed by atoms with Crippen LogP contribution in [0.5, 0.6) is 0 Å². The molecular weight excluding hydrogens is 207 g/mol. The van der Waals surface area contributed by atoms with Crippen molar-refractivity contribution in [1.82, 2.24) is 9.78 Å². The first-order chi connectivity index (χ1) is 7.54. The van der Waals surface area contributed by atoms with Crippen molar-refractivity contribution in [2.75, 3.05) is 6.61 Å². The Balaban J connectivity index is 1.91. The highest BCUT2D eigenvalue weighted by molar-refractivity contribution is 6.30. The molecule has 1 atom stereocenters. The molecule has 1 aliphatic rings. The quantitative estimate of drug-likeness (QED) is 0.601. The van der Waals surface area contributed by atoms with Crippen LogP contribution in [0.2, 0.25) is 0 Å². The number of aliphatic hydroxyl groups is 1. The fraction of sp³-hybridized carbons (Fsp3) is 0.700. The van der Waals surface area contributed by atoms with Crippen molar-refractivity contribution in [3.05, 3.63) is 18.0 Å². The van der Waals surface area contributed by atoms with E-state index < -0.39 is 5.60 Å². The molecule has 2 heterocycles. The third kappa shape index (κ3) is 3.07. The van der Waals surface area contributed by atoms with Gasteiger partial charge in [0.15, 0.2) is 0 Å². The van der Waals surface area contributed by atoms with Gasteiger partial charge >= 0.3 is 7.48 Å². The third-order valence-corrected chi connectivity index (χ3v) is 2.57. The van der Waals surface area contributed by atoms with Gasteiger partial charge in [0, 0.05) is 18.6 Å². The standard InChI is InChI=1S/C10H16BN2O3/c1-10(2,14)3-4-13-6-8(5-12-13)9-7-15-16-11-9/h5-6,9,14H,3-4,7H2,1-2H3. The fourth-order valence-electron chi connectivity index (χ4n) is 1.51. The zero-order valence-corrected chi connectivity index (χ0v) is 9.59. The van der Waals surface area contributed by atoms with E-state index >= 15 is 0 Å². The van der Waals surface area contributed by atoms with Crippen LogP contribution in [0, 0.1) is 0 Å². The van der Waals surface area contributed by atoms with Gasteiger partial charge in [0.2, 0.25) is 0 Å². The first kappa shape index (κ1) is 11.6. The van der Waals surface area contributed by atoms with E-state index in [9.17, 15) is 5.11 Å². The minimum atomic E-state index is -0.655. The molecule has 16 heavy (non-hydrogen) atoms. The lowest BCUT2D eigenvalue weighted by Crippen LogP contribution is -2.21. The molecule has 1 N–H and O–H groups in total. The van der Waals surface area contributed by atoms with Gasteiger partial charge in [-0.25, -0.2) is 0 Å². The lowest BCUT2D eigenvalue weighted by atomic mass is 9.78. The van der Waals surface area contributed by atoms with Crippen molar-refractivity contribution in [1.29, 1.82) is 0 Å². The van der Waals surface area contributed by atoms with E-state index in [-0.39, 0.29) is 5.82 Å². The van der Waals surface area contributed by atoms with Crippen LogP contribution in [-0.4, -0.2) is 34.6 Å². The Kier molecular flexibility index (Phi) is 3.32. The van der Waals surface area contributed by atoms with E-state index in [0.29, 0.717) is 19.6 Å². The predicted octanol–water partition coefficient (Wildman–Crippen LogP) is 0.666. The maximum atomic E-state index is 9.61. The topological polar surface area (TPSA) is 56.5 Å². The SMILES string of the molecule is CC(C)(O)CCn1cc(C2[B]OOC2)cn1. The van der Waals surface area contributed by atoms with E-state index in [4.69, 9.17) is 9.69 Å². The third-order valence-electron chi connectivity index (χ3n) is 2.57. The van der Waals surface area contributed by atoms with E-state index in [2.05, 4.69) is 5.10 Å². The summed E-state index contributed by atoms with van der Waals surface area (Å²) in [5, 5.41) is 13.8. The summed E-state index contributed by atoms with van der Waals surface area (Å²) in [6.07, 6.45) is 4.45. The van der Waals surface area contributed by atoms with Crippen molar-refractivity contribution in [2.45, 2.75) is 38.2 Å². The van der Waals surface area contributed by atoms with Gasteiger partial charge in [-0.05, 0) is 25.8 Å². The largest absolute Gasteiger partial charge is 0.390 e. The molecule has 1 unspecified atom stereocenters. The monoisotopic (exact) mass is 223 g/mol. The fourth-order valence-corrected chi connectivity index (χ4v) is 1.51. The molecule has 0 aliphatic carbocycles. The maximum Gasteiger partial charge on any atom is 0.354 e. The Labute approximate surface area is 95.6 Å². The molecule has 1 saturated heterocycles. The van der Waals surface area contributed by atoms with E-state index in [1.807, 2.05) is 17.1 Å². The van der Waals surface area contributed by atoms with Crippen molar-refractivity contribution < 1.29 is 14.8 Å². The van der Waals surface area contributed by atoms with Gasteiger partial charge in [0.1, 0.15) is 0 Å². The molecule has 87 valence electrons. The molecule has 1 aromatic rings. The Hall–Kier alpha value is -0.845. The van der Waals surface area contributed by atoms with Crippen LogP contribution in [0.15, 0.2) is 12.4 Å². The van der Waals surface area contributed by atoms with Gasteiger partial charge in [-0.3, -0.25) is 9.57 Å². The van der Waals surface area contributed by atoms with E-state index in [1.165, 1.54) is 0 Å². The molecule has 6 heteroatoms. The molecule has 0 bridgehead atoms. The summed E-state index contributed by atoms with van der Waals surface area (Å²) < 4.78 is 1.83. The van der Waals surface area contributed by atoms with Crippen molar-refractivity contribution >= 4 is 7.48 Å². The van der Waals surface area contributed by atoms with Crippen LogP contribution in [0.25, 0.3) is 0 Å². The highest BCUT2D eigenvalue weighted by Crippen LogP contribution is 2.19. The number of aromatic nitrogens is 2. The van der Waals surface area contributed by atoms with Crippen LogP contribution < -0.4 is 0 Å².